The summed E-state index contributed by atoms with van der Waals surface area (Å²) in [4.78, 5) is 24.4. The predicted octanol–water partition coefficient (Wildman–Crippen LogP) is 4.67. The van der Waals surface area contributed by atoms with E-state index < -0.39 is 0 Å². The Morgan fingerprint density at radius 2 is 2.11 bits per heavy atom. The number of halogens is 1. The standard InChI is InChI=1S/C21H20FN3OS/c1-14-20(27-13-23-14)21(26)25-10-4-6-16(12-25)19-9-3-8-18(24-19)15-5-2-7-17(22)11-15/h2-3,5,7-9,11,13,16H,4,6,10,12H2,1H3. The van der Waals surface area contributed by atoms with Crippen LogP contribution in [0.25, 0.3) is 11.3 Å². The molecular weight excluding hydrogens is 361 g/mol. The van der Waals surface area contributed by atoms with E-state index in [-0.39, 0.29) is 17.6 Å². The molecule has 0 aliphatic carbocycles. The maximum atomic E-state index is 13.5. The van der Waals surface area contributed by atoms with Crippen LogP contribution in [0.3, 0.4) is 0 Å². The number of hydrogen-bond donors (Lipinski definition) is 0. The molecule has 1 fully saturated rings. The number of nitrogens with zero attached hydrogens (tertiary/aromatic N) is 3. The molecule has 0 saturated carbocycles. The highest BCUT2D eigenvalue weighted by molar-refractivity contribution is 7.11. The summed E-state index contributed by atoms with van der Waals surface area (Å²) in [7, 11) is 0. The van der Waals surface area contributed by atoms with E-state index in [1.807, 2.05) is 36.1 Å². The number of carbonyl (C=O) groups excluding carboxylic acids is 1. The van der Waals surface area contributed by atoms with Crippen molar-refractivity contribution >= 4 is 17.2 Å². The maximum absolute atomic E-state index is 13.5. The molecule has 6 heteroatoms. The van der Waals surface area contributed by atoms with Crippen LogP contribution in [-0.4, -0.2) is 33.9 Å². The fourth-order valence-corrected chi connectivity index (χ4v) is 4.31. The molecule has 1 saturated heterocycles. The van der Waals surface area contributed by atoms with E-state index in [2.05, 4.69) is 4.98 Å². The van der Waals surface area contributed by atoms with Crippen LogP contribution in [-0.2, 0) is 0 Å². The van der Waals surface area contributed by atoms with E-state index in [1.165, 1.54) is 23.5 Å². The smallest absolute Gasteiger partial charge is 0.265 e. The highest BCUT2D eigenvalue weighted by atomic mass is 32.1. The fraction of sp³-hybridized carbons (Fsp3) is 0.286. The first-order valence-electron chi connectivity index (χ1n) is 9.04. The number of benzene rings is 1. The number of amides is 1. The van der Waals surface area contributed by atoms with Gasteiger partial charge in [-0.25, -0.2) is 9.37 Å². The lowest BCUT2D eigenvalue weighted by molar-refractivity contribution is 0.0710. The number of carbonyl (C=O) groups is 1. The average molecular weight is 381 g/mol. The van der Waals surface area contributed by atoms with Gasteiger partial charge in [0.15, 0.2) is 0 Å². The van der Waals surface area contributed by atoms with Gasteiger partial charge in [-0.2, -0.15) is 0 Å². The van der Waals surface area contributed by atoms with E-state index in [1.54, 1.807) is 11.6 Å². The Morgan fingerprint density at radius 3 is 2.89 bits per heavy atom. The molecule has 1 amide bonds. The Labute approximate surface area is 161 Å². The van der Waals surface area contributed by atoms with Gasteiger partial charge in [0.05, 0.1) is 16.9 Å². The molecule has 3 heterocycles. The van der Waals surface area contributed by atoms with E-state index in [0.29, 0.717) is 6.54 Å². The molecule has 4 nitrogen and oxygen atoms in total. The van der Waals surface area contributed by atoms with Gasteiger partial charge in [0.1, 0.15) is 10.7 Å². The van der Waals surface area contributed by atoms with E-state index in [9.17, 15) is 9.18 Å². The van der Waals surface area contributed by atoms with Gasteiger partial charge in [-0.05, 0) is 44.0 Å². The number of thiazole rings is 1. The van der Waals surface area contributed by atoms with Crippen LogP contribution < -0.4 is 0 Å². The quantitative estimate of drug-likeness (QED) is 0.662. The first-order valence-corrected chi connectivity index (χ1v) is 9.92. The van der Waals surface area contributed by atoms with Crippen molar-refractivity contribution < 1.29 is 9.18 Å². The SMILES string of the molecule is Cc1ncsc1C(=O)N1CCCC(c2cccc(-c3cccc(F)c3)n2)C1. The third kappa shape index (κ3) is 3.76. The summed E-state index contributed by atoms with van der Waals surface area (Å²) < 4.78 is 13.5. The van der Waals surface area contributed by atoms with Gasteiger partial charge in [0, 0.05) is 30.3 Å². The molecule has 0 spiro atoms. The normalized spacial score (nSPS) is 17.1. The highest BCUT2D eigenvalue weighted by Crippen LogP contribution is 2.29. The number of aromatic nitrogens is 2. The second kappa shape index (κ2) is 7.56. The number of hydrogen-bond acceptors (Lipinski definition) is 4. The molecule has 138 valence electrons. The molecule has 3 aromatic rings. The lowest BCUT2D eigenvalue weighted by Gasteiger charge is -2.32. The summed E-state index contributed by atoms with van der Waals surface area (Å²) in [5.74, 6) is -0.0282. The van der Waals surface area contributed by atoms with Crippen molar-refractivity contribution in [2.45, 2.75) is 25.7 Å². The highest BCUT2D eigenvalue weighted by Gasteiger charge is 2.28. The van der Waals surface area contributed by atoms with Crippen LogP contribution in [0.4, 0.5) is 4.39 Å². The van der Waals surface area contributed by atoms with Gasteiger partial charge in [0.25, 0.3) is 5.91 Å². The predicted molar refractivity (Wildman–Crippen MR) is 104 cm³/mol. The number of pyridine rings is 1. The summed E-state index contributed by atoms with van der Waals surface area (Å²) in [5, 5.41) is 0. The molecular formula is C21H20FN3OS. The summed E-state index contributed by atoms with van der Waals surface area (Å²) in [6.45, 7) is 3.28. The molecule has 1 aliphatic rings. The number of aryl methyl sites for hydroxylation is 1. The first-order chi connectivity index (χ1) is 13.1. The molecule has 0 radical (unpaired) electrons. The maximum Gasteiger partial charge on any atom is 0.265 e. The van der Waals surface area contributed by atoms with Crippen LogP contribution in [0.5, 0.6) is 0 Å². The molecule has 1 unspecified atom stereocenters. The zero-order valence-corrected chi connectivity index (χ0v) is 15.9. The minimum absolute atomic E-state index is 0.0565. The zero-order chi connectivity index (χ0) is 18.8. The molecule has 4 rings (SSSR count). The molecule has 2 aromatic heterocycles. The molecule has 27 heavy (non-hydrogen) atoms. The Kier molecular flexibility index (Phi) is 4.99. The summed E-state index contributed by atoms with van der Waals surface area (Å²) >= 11 is 1.40. The van der Waals surface area contributed by atoms with Crippen molar-refractivity contribution in [2.24, 2.45) is 0 Å². The monoisotopic (exact) mass is 381 g/mol. The van der Waals surface area contributed by atoms with Gasteiger partial charge >= 0.3 is 0 Å². The zero-order valence-electron chi connectivity index (χ0n) is 15.1. The largest absolute Gasteiger partial charge is 0.337 e. The summed E-state index contributed by atoms with van der Waals surface area (Å²) in [6, 6.07) is 12.3. The molecule has 1 atom stereocenters. The topological polar surface area (TPSA) is 46.1 Å². The van der Waals surface area contributed by atoms with Crippen LogP contribution in [0.1, 0.15) is 39.8 Å². The summed E-state index contributed by atoms with van der Waals surface area (Å²) in [5.41, 5.74) is 4.98. The van der Waals surface area contributed by atoms with E-state index in [0.717, 1.165) is 46.9 Å². The minimum atomic E-state index is -0.269. The van der Waals surface area contributed by atoms with Crippen LogP contribution in [0, 0.1) is 12.7 Å². The van der Waals surface area contributed by atoms with Crippen LogP contribution >= 0.6 is 11.3 Å². The number of likely N-dealkylation sites (tertiary alicyclic amines) is 1. The van der Waals surface area contributed by atoms with Crippen molar-refractivity contribution in [1.29, 1.82) is 0 Å². The Morgan fingerprint density at radius 1 is 1.26 bits per heavy atom. The van der Waals surface area contributed by atoms with Crippen molar-refractivity contribution in [2.75, 3.05) is 13.1 Å². The first kappa shape index (κ1) is 17.8. The van der Waals surface area contributed by atoms with Gasteiger partial charge in [-0.3, -0.25) is 9.78 Å². The molecule has 0 bridgehead atoms. The van der Waals surface area contributed by atoms with Crippen molar-refractivity contribution in [1.82, 2.24) is 14.9 Å². The molecule has 1 aliphatic heterocycles. The third-order valence-electron chi connectivity index (χ3n) is 4.96. The Hall–Kier alpha value is -2.60. The third-order valence-corrected chi connectivity index (χ3v) is 5.87. The Bertz CT molecular complexity index is 971. The lowest BCUT2D eigenvalue weighted by atomic mass is 9.93. The van der Waals surface area contributed by atoms with Gasteiger partial charge in [-0.15, -0.1) is 11.3 Å². The Balaban J connectivity index is 1.56. The average Bonchev–Trinajstić information content (AvgIpc) is 3.13. The van der Waals surface area contributed by atoms with Gasteiger partial charge in [-0.1, -0.05) is 18.2 Å². The van der Waals surface area contributed by atoms with Crippen molar-refractivity contribution in [3.05, 3.63) is 70.1 Å². The summed E-state index contributed by atoms with van der Waals surface area (Å²) in [6.07, 6.45) is 1.94. The van der Waals surface area contributed by atoms with Crippen LogP contribution in [0.15, 0.2) is 48.0 Å². The fourth-order valence-electron chi connectivity index (χ4n) is 3.54. The van der Waals surface area contributed by atoms with Gasteiger partial charge < -0.3 is 4.90 Å². The van der Waals surface area contributed by atoms with E-state index >= 15 is 0 Å². The second-order valence-corrected chi connectivity index (χ2v) is 7.67. The second-order valence-electron chi connectivity index (χ2n) is 6.82. The lowest BCUT2D eigenvalue weighted by Crippen LogP contribution is -2.39. The number of rotatable bonds is 3. The molecule has 1 aromatic carbocycles. The van der Waals surface area contributed by atoms with Crippen molar-refractivity contribution in [3.63, 3.8) is 0 Å². The van der Waals surface area contributed by atoms with Gasteiger partial charge in [0.2, 0.25) is 0 Å². The minimum Gasteiger partial charge on any atom is -0.337 e. The van der Waals surface area contributed by atoms with E-state index in [4.69, 9.17) is 4.98 Å². The number of piperidine rings is 1. The van der Waals surface area contributed by atoms with Crippen LogP contribution in [0.2, 0.25) is 0 Å². The molecule has 0 N–H and O–H groups in total. The van der Waals surface area contributed by atoms with Crippen molar-refractivity contribution in [3.8, 4) is 11.3 Å².